The molecule has 0 fully saturated rings. The Bertz CT molecular complexity index is 1080. The molecule has 2 aromatic carbocycles. The van der Waals surface area contributed by atoms with Gasteiger partial charge in [0.2, 0.25) is 0 Å². The van der Waals surface area contributed by atoms with E-state index in [0.29, 0.717) is 33.9 Å². The van der Waals surface area contributed by atoms with Crippen LogP contribution in [-0.2, 0) is 22.7 Å². The summed E-state index contributed by atoms with van der Waals surface area (Å²) in [6.07, 6.45) is 0. The molecule has 1 aliphatic rings. The second-order valence-corrected chi connectivity index (χ2v) is 6.37. The molecule has 0 unspecified atom stereocenters. The van der Waals surface area contributed by atoms with E-state index in [4.69, 9.17) is 18.7 Å². The monoisotopic (exact) mass is 396 g/mol. The molecule has 0 radical (unpaired) electrons. The predicted octanol–water partition coefficient (Wildman–Crippen LogP) is 3.78. The van der Waals surface area contributed by atoms with Crippen molar-refractivity contribution in [3.63, 3.8) is 0 Å². The molecule has 0 N–H and O–H groups in total. The van der Waals surface area contributed by atoms with Crippen molar-refractivity contribution in [2.75, 3.05) is 6.79 Å². The van der Waals surface area contributed by atoms with E-state index in [-0.39, 0.29) is 31.3 Å². The Labute approximate surface area is 164 Å². The first-order valence-corrected chi connectivity index (χ1v) is 8.74. The van der Waals surface area contributed by atoms with Gasteiger partial charge in [-0.15, -0.1) is 0 Å². The van der Waals surface area contributed by atoms with E-state index in [1.165, 1.54) is 12.1 Å². The third-order valence-electron chi connectivity index (χ3n) is 4.46. The molecule has 0 aliphatic carbocycles. The molecule has 0 bridgehead atoms. The fourth-order valence-corrected chi connectivity index (χ4v) is 3.11. The number of ether oxygens (including phenoxy) is 3. The van der Waals surface area contributed by atoms with Crippen LogP contribution in [0.5, 0.6) is 5.75 Å². The van der Waals surface area contributed by atoms with Gasteiger partial charge in [-0.2, -0.15) is 0 Å². The molecule has 0 atom stereocenters. The molecule has 4 rings (SSSR count). The van der Waals surface area contributed by atoms with Gasteiger partial charge in [0.1, 0.15) is 29.4 Å². The lowest BCUT2D eigenvalue weighted by atomic mass is 10.1. The molecule has 1 aliphatic heterocycles. The topological polar surface area (TPSA) is 114 Å². The fraction of sp³-hybridized carbons (Fsp3) is 0.200. The number of carbonyl (C=O) groups is 1. The Hall–Kier alpha value is -3.72. The van der Waals surface area contributed by atoms with Crippen LogP contribution in [0.3, 0.4) is 0 Å². The van der Waals surface area contributed by atoms with Crippen molar-refractivity contribution < 1.29 is 28.5 Å². The standard InChI is InChI=1S/C20H16N2O7/c1-12-17(18(21-29-12)13-5-3-2-4-6-13)20(23)27-10-15-8-16(22(24)25)7-14-9-26-11-28-19(14)15/h2-8H,9-11H2,1H3. The van der Waals surface area contributed by atoms with Crippen LogP contribution in [0.2, 0.25) is 0 Å². The van der Waals surface area contributed by atoms with Crippen LogP contribution in [0.1, 0.15) is 27.2 Å². The van der Waals surface area contributed by atoms with Gasteiger partial charge < -0.3 is 18.7 Å². The number of aryl methyl sites for hydroxylation is 1. The van der Waals surface area contributed by atoms with Crippen LogP contribution < -0.4 is 4.74 Å². The Morgan fingerprint density at radius 1 is 1.28 bits per heavy atom. The predicted molar refractivity (Wildman–Crippen MR) is 99.2 cm³/mol. The van der Waals surface area contributed by atoms with Gasteiger partial charge >= 0.3 is 5.97 Å². The molecule has 2 heterocycles. The Morgan fingerprint density at radius 2 is 2.07 bits per heavy atom. The number of nitro benzene ring substituents is 1. The van der Waals surface area contributed by atoms with Gasteiger partial charge in [0.25, 0.3) is 5.69 Å². The largest absolute Gasteiger partial charge is 0.467 e. The highest BCUT2D eigenvalue weighted by Gasteiger charge is 2.25. The van der Waals surface area contributed by atoms with E-state index in [9.17, 15) is 14.9 Å². The molecule has 9 heteroatoms. The van der Waals surface area contributed by atoms with Gasteiger partial charge in [-0.3, -0.25) is 10.1 Å². The second kappa shape index (κ2) is 7.72. The van der Waals surface area contributed by atoms with Crippen molar-refractivity contribution in [1.29, 1.82) is 0 Å². The van der Waals surface area contributed by atoms with E-state index in [2.05, 4.69) is 5.16 Å². The third-order valence-corrected chi connectivity index (χ3v) is 4.46. The van der Waals surface area contributed by atoms with Gasteiger partial charge in [0, 0.05) is 28.8 Å². The normalized spacial score (nSPS) is 12.7. The summed E-state index contributed by atoms with van der Waals surface area (Å²) < 4.78 is 21.3. The van der Waals surface area contributed by atoms with Crippen LogP contribution >= 0.6 is 0 Å². The summed E-state index contributed by atoms with van der Waals surface area (Å²) in [7, 11) is 0. The highest BCUT2D eigenvalue weighted by Crippen LogP contribution is 2.33. The molecule has 9 nitrogen and oxygen atoms in total. The zero-order valence-electron chi connectivity index (χ0n) is 15.4. The molecule has 0 saturated heterocycles. The maximum atomic E-state index is 12.8. The molecule has 0 spiro atoms. The second-order valence-electron chi connectivity index (χ2n) is 6.37. The van der Waals surface area contributed by atoms with E-state index < -0.39 is 10.9 Å². The van der Waals surface area contributed by atoms with Gasteiger partial charge in [0.05, 0.1) is 11.5 Å². The van der Waals surface area contributed by atoms with Gasteiger partial charge in [-0.25, -0.2) is 4.79 Å². The fourth-order valence-electron chi connectivity index (χ4n) is 3.11. The summed E-state index contributed by atoms with van der Waals surface area (Å²) in [5.41, 5.74) is 2.09. The summed E-state index contributed by atoms with van der Waals surface area (Å²) in [6, 6.07) is 11.8. The van der Waals surface area contributed by atoms with Crippen LogP contribution in [0.25, 0.3) is 11.3 Å². The minimum absolute atomic E-state index is 0.0225. The molecule has 3 aromatic rings. The number of hydrogen-bond donors (Lipinski definition) is 0. The number of non-ortho nitro benzene ring substituents is 1. The van der Waals surface area contributed by atoms with Crippen molar-refractivity contribution in [3.8, 4) is 17.0 Å². The van der Waals surface area contributed by atoms with Crippen LogP contribution in [0, 0.1) is 17.0 Å². The minimum atomic E-state index is -0.644. The van der Waals surface area contributed by atoms with Crippen molar-refractivity contribution in [3.05, 3.63) is 75.0 Å². The van der Waals surface area contributed by atoms with E-state index in [0.717, 1.165) is 0 Å². The minimum Gasteiger partial charge on any atom is -0.467 e. The number of hydrogen-bond acceptors (Lipinski definition) is 8. The smallest absolute Gasteiger partial charge is 0.344 e. The highest BCUT2D eigenvalue weighted by molar-refractivity contribution is 5.97. The summed E-state index contributed by atoms with van der Waals surface area (Å²) >= 11 is 0. The van der Waals surface area contributed by atoms with Crippen molar-refractivity contribution in [2.24, 2.45) is 0 Å². The van der Waals surface area contributed by atoms with Crippen LogP contribution in [0.4, 0.5) is 5.69 Å². The molecule has 148 valence electrons. The van der Waals surface area contributed by atoms with E-state index >= 15 is 0 Å². The number of esters is 1. The summed E-state index contributed by atoms with van der Waals surface area (Å²) in [5, 5.41) is 15.2. The number of benzene rings is 2. The highest BCUT2D eigenvalue weighted by atomic mass is 16.7. The van der Waals surface area contributed by atoms with Crippen molar-refractivity contribution in [2.45, 2.75) is 20.1 Å². The summed E-state index contributed by atoms with van der Waals surface area (Å²) in [6.45, 7) is 1.61. The van der Waals surface area contributed by atoms with Crippen molar-refractivity contribution >= 4 is 11.7 Å². The molecule has 0 amide bonds. The maximum absolute atomic E-state index is 12.8. The maximum Gasteiger partial charge on any atom is 0.344 e. The summed E-state index contributed by atoms with van der Waals surface area (Å²) in [5.74, 6) is 0.106. The van der Waals surface area contributed by atoms with Crippen LogP contribution in [-0.4, -0.2) is 22.8 Å². The Balaban J connectivity index is 1.61. The molecule has 29 heavy (non-hydrogen) atoms. The lowest BCUT2D eigenvalue weighted by molar-refractivity contribution is -0.385. The quantitative estimate of drug-likeness (QED) is 0.364. The lowest BCUT2D eigenvalue weighted by Crippen LogP contribution is -2.15. The van der Waals surface area contributed by atoms with Crippen LogP contribution in [0.15, 0.2) is 47.0 Å². The SMILES string of the molecule is Cc1onc(-c2ccccc2)c1C(=O)OCc1cc([N+](=O)[O-])cc2c1OCOC2. The van der Waals surface area contributed by atoms with E-state index in [1.807, 2.05) is 18.2 Å². The number of nitro groups is 1. The number of rotatable bonds is 5. The molecular weight excluding hydrogens is 380 g/mol. The summed E-state index contributed by atoms with van der Waals surface area (Å²) in [4.78, 5) is 23.4. The first-order valence-electron chi connectivity index (χ1n) is 8.74. The Kier molecular flexibility index (Phi) is 4.96. The first kappa shape index (κ1) is 18.6. The zero-order valence-corrected chi connectivity index (χ0v) is 15.4. The van der Waals surface area contributed by atoms with Crippen molar-refractivity contribution in [1.82, 2.24) is 5.16 Å². The molecular formula is C20H16N2O7. The third kappa shape index (κ3) is 3.67. The number of aromatic nitrogens is 1. The number of fused-ring (bicyclic) bond motifs is 1. The molecule has 1 aromatic heterocycles. The van der Waals surface area contributed by atoms with Gasteiger partial charge in [-0.05, 0) is 6.92 Å². The van der Waals surface area contributed by atoms with Gasteiger partial charge in [0.15, 0.2) is 6.79 Å². The van der Waals surface area contributed by atoms with Gasteiger partial charge in [-0.1, -0.05) is 35.5 Å². The zero-order chi connectivity index (χ0) is 20.4. The van der Waals surface area contributed by atoms with E-state index in [1.54, 1.807) is 19.1 Å². The first-order chi connectivity index (χ1) is 14.0. The average Bonchev–Trinajstić information content (AvgIpc) is 3.13. The number of nitrogens with zero attached hydrogens (tertiary/aromatic N) is 2. The lowest BCUT2D eigenvalue weighted by Gasteiger charge is -2.20. The molecule has 0 saturated carbocycles. The Morgan fingerprint density at radius 3 is 2.83 bits per heavy atom. The average molecular weight is 396 g/mol. The number of carbonyl (C=O) groups excluding carboxylic acids is 1.